The van der Waals surface area contributed by atoms with E-state index in [0.29, 0.717) is 6.54 Å². The summed E-state index contributed by atoms with van der Waals surface area (Å²) < 4.78 is 0.943. The van der Waals surface area contributed by atoms with Crippen molar-refractivity contribution in [3.05, 3.63) is 28.2 Å². The van der Waals surface area contributed by atoms with E-state index in [1.165, 1.54) is 0 Å². The number of carbonyl (C=O) groups excluding carboxylic acids is 1. The summed E-state index contributed by atoms with van der Waals surface area (Å²) in [6, 6.07) is 5.72. The topological polar surface area (TPSA) is 43.8 Å². The minimum absolute atomic E-state index is 0.0288. The summed E-state index contributed by atoms with van der Waals surface area (Å²) in [5.41, 5.74) is 1.75. The number of likely N-dealkylation sites (N-methyl/N-ethyl adjacent to an activating group) is 1. The van der Waals surface area contributed by atoms with Gasteiger partial charge in [-0.05, 0) is 18.6 Å². The number of halogens is 1. The Morgan fingerprint density at radius 1 is 1.37 bits per heavy atom. The molecule has 0 saturated heterocycles. The lowest BCUT2D eigenvalue weighted by Gasteiger charge is -2.27. The van der Waals surface area contributed by atoms with Crippen molar-refractivity contribution >= 4 is 27.5 Å². The quantitative estimate of drug-likeness (QED) is 0.871. The van der Waals surface area contributed by atoms with Crippen molar-refractivity contribution in [2.45, 2.75) is 20.0 Å². The number of benzene rings is 1. The summed E-state index contributed by atoms with van der Waals surface area (Å²) in [6.45, 7) is 3.15. The van der Waals surface area contributed by atoms with Gasteiger partial charge in [0.2, 0.25) is 5.91 Å². The molecule has 1 aromatic rings. The maximum absolute atomic E-state index is 11.9. The molecule has 5 heteroatoms. The van der Waals surface area contributed by atoms with Crippen molar-refractivity contribution in [3.8, 4) is 0 Å². The highest BCUT2D eigenvalue weighted by Gasteiger charge is 2.15. The average Bonchev–Trinajstić information content (AvgIpc) is 2.37. The molecule has 0 aliphatic carbocycles. The molecule has 0 saturated carbocycles. The van der Waals surface area contributed by atoms with Crippen LogP contribution in [0.4, 0.5) is 5.69 Å². The Balaban J connectivity index is 3.04. The SMILES string of the molecule is CCCN(CC(=O)N(C)C)c1cc(Br)ccc1CO. The fourth-order valence-corrected chi connectivity index (χ4v) is 2.17. The van der Waals surface area contributed by atoms with Gasteiger partial charge in [0.25, 0.3) is 0 Å². The Hall–Kier alpha value is -1.07. The van der Waals surface area contributed by atoms with Crippen LogP contribution in [0.1, 0.15) is 18.9 Å². The molecule has 1 N–H and O–H groups in total. The molecule has 0 spiro atoms. The Morgan fingerprint density at radius 2 is 2.05 bits per heavy atom. The van der Waals surface area contributed by atoms with Gasteiger partial charge >= 0.3 is 0 Å². The first kappa shape index (κ1) is 16.0. The maximum Gasteiger partial charge on any atom is 0.241 e. The van der Waals surface area contributed by atoms with E-state index in [0.717, 1.165) is 28.7 Å². The van der Waals surface area contributed by atoms with Crippen molar-refractivity contribution < 1.29 is 9.90 Å². The zero-order chi connectivity index (χ0) is 14.4. The third-order valence-corrected chi connectivity index (χ3v) is 3.37. The van der Waals surface area contributed by atoms with Gasteiger partial charge in [0.05, 0.1) is 13.2 Å². The van der Waals surface area contributed by atoms with Crippen molar-refractivity contribution in [2.24, 2.45) is 0 Å². The summed E-state index contributed by atoms with van der Waals surface area (Å²) in [7, 11) is 3.50. The summed E-state index contributed by atoms with van der Waals surface area (Å²) in [4.78, 5) is 15.5. The number of hydrogen-bond donors (Lipinski definition) is 1. The molecule has 0 aliphatic heterocycles. The largest absolute Gasteiger partial charge is 0.392 e. The van der Waals surface area contributed by atoms with Gasteiger partial charge in [-0.25, -0.2) is 0 Å². The molecule has 0 unspecified atom stereocenters. The Kier molecular flexibility index (Phi) is 6.31. The van der Waals surface area contributed by atoms with Crippen LogP contribution >= 0.6 is 15.9 Å². The van der Waals surface area contributed by atoms with Crippen LogP contribution in [-0.4, -0.2) is 43.1 Å². The Bertz CT molecular complexity index is 435. The van der Waals surface area contributed by atoms with Crippen molar-refractivity contribution in [1.29, 1.82) is 0 Å². The lowest BCUT2D eigenvalue weighted by atomic mass is 10.1. The molecule has 0 aromatic heterocycles. The zero-order valence-corrected chi connectivity index (χ0v) is 13.3. The number of carbonyl (C=O) groups is 1. The highest BCUT2D eigenvalue weighted by molar-refractivity contribution is 9.10. The third-order valence-electron chi connectivity index (χ3n) is 2.88. The number of hydrogen-bond acceptors (Lipinski definition) is 3. The first-order chi connectivity index (χ1) is 8.99. The van der Waals surface area contributed by atoms with E-state index in [2.05, 4.69) is 22.9 Å². The first-order valence-corrected chi connectivity index (χ1v) is 7.13. The van der Waals surface area contributed by atoms with Gasteiger partial charge in [-0.2, -0.15) is 0 Å². The van der Waals surface area contributed by atoms with Crippen LogP contribution in [0.15, 0.2) is 22.7 Å². The lowest BCUT2D eigenvalue weighted by Crippen LogP contribution is -2.37. The van der Waals surface area contributed by atoms with Crippen LogP contribution in [0.3, 0.4) is 0 Å². The molecule has 0 atom stereocenters. The number of rotatable bonds is 6. The van der Waals surface area contributed by atoms with Gasteiger partial charge in [0, 0.05) is 36.4 Å². The predicted octanol–water partition coefficient (Wildman–Crippen LogP) is 2.25. The molecule has 0 radical (unpaired) electrons. The van der Waals surface area contributed by atoms with Gasteiger partial charge in [-0.15, -0.1) is 0 Å². The molecular formula is C14H21BrN2O2. The van der Waals surface area contributed by atoms with Gasteiger partial charge in [0.15, 0.2) is 0 Å². The van der Waals surface area contributed by atoms with Crippen LogP contribution in [0.25, 0.3) is 0 Å². The molecule has 1 rings (SSSR count). The van der Waals surface area contributed by atoms with Crippen LogP contribution in [0, 0.1) is 0 Å². The van der Waals surface area contributed by atoms with Crippen LogP contribution in [-0.2, 0) is 11.4 Å². The van der Waals surface area contributed by atoms with E-state index in [1.54, 1.807) is 19.0 Å². The number of aliphatic hydroxyl groups excluding tert-OH is 1. The highest BCUT2D eigenvalue weighted by Crippen LogP contribution is 2.25. The average molecular weight is 329 g/mol. The monoisotopic (exact) mass is 328 g/mol. The molecule has 19 heavy (non-hydrogen) atoms. The van der Waals surface area contributed by atoms with E-state index >= 15 is 0 Å². The zero-order valence-electron chi connectivity index (χ0n) is 11.7. The van der Waals surface area contributed by atoms with Crippen LogP contribution < -0.4 is 4.90 Å². The van der Waals surface area contributed by atoms with Gasteiger partial charge in [-0.3, -0.25) is 4.79 Å². The normalized spacial score (nSPS) is 10.4. The van der Waals surface area contributed by atoms with Crippen molar-refractivity contribution in [1.82, 2.24) is 4.90 Å². The third kappa shape index (κ3) is 4.51. The number of anilines is 1. The molecule has 0 bridgehead atoms. The second kappa shape index (κ2) is 7.50. The predicted molar refractivity (Wildman–Crippen MR) is 81.3 cm³/mol. The summed E-state index contributed by atoms with van der Waals surface area (Å²) in [6.07, 6.45) is 0.943. The Morgan fingerprint density at radius 3 is 2.58 bits per heavy atom. The van der Waals surface area contributed by atoms with E-state index < -0.39 is 0 Å². The van der Waals surface area contributed by atoms with Crippen LogP contribution in [0.5, 0.6) is 0 Å². The minimum atomic E-state index is -0.0288. The fourth-order valence-electron chi connectivity index (χ4n) is 1.82. The summed E-state index contributed by atoms with van der Waals surface area (Å²) in [5, 5.41) is 9.43. The second-order valence-electron chi connectivity index (χ2n) is 4.64. The minimum Gasteiger partial charge on any atom is -0.392 e. The standard InChI is InChI=1S/C14H21BrN2O2/c1-4-7-17(9-14(19)16(2)3)13-8-12(15)6-5-11(13)10-18/h5-6,8,18H,4,7,9-10H2,1-3H3. The highest BCUT2D eigenvalue weighted by atomic mass is 79.9. The molecular weight excluding hydrogens is 308 g/mol. The van der Waals surface area contributed by atoms with Gasteiger partial charge in [0.1, 0.15) is 0 Å². The Labute approximate surface area is 123 Å². The molecule has 106 valence electrons. The molecule has 0 aliphatic rings. The molecule has 4 nitrogen and oxygen atoms in total. The number of amides is 1. The van der Waals surface area contributed by atoms with Crippen LogP contribution in [0.2, 0.25) is 0 Å². The van der Waals surface area contributed by atoms with E-state index in [-0.39, 0.29) is 12.5 Å². The molecule has 1 amide bonds. The molecule has 0 fully saturated rings. The smallest absolute Gasteiger partial charge is 0.241 e. The number of aliphatic hydroxyl groups is 1. The maximum atomic E-state index is 11.9. The molecule has 0 heterocycles. The van der Waals surface area contributed by atoms with Crippen molar-refractivity contribution in [2.75, 3.05) is 32.1 Å². The van der Waals surface area contributed by atoms with E-state index in [9.17, 15) is 9.90 Å². The van der Waals surface area contributed by atoms with Crippen molar-refractivity contribution in [3.63, 3.8) is 0 Å². The van der Waals surface area contributed by atoms with E-state index in [4.69, 9.17) is 0 Å². The second-order valence-corrected chi connectivity index (χ2v) is 5.56. The molecule has 1 aromatic carbocycles. The lowest BCUT2D eigenvalue weighted by molar-refractivity contribution is -0.127. The van der Waals surface area contributed by atoms with E-state index in [1.807, 2.05) is 23.1 Å². The first-order valence-electron chi connectivity index (χ1n) is 6.34. The summed E-state index contributed by atoms with van der Waals surface area (Å²) in [5.74, 6) is 0.0531. The van der Waals surface area contributed by atoms with Gasteiger partial charge in [-0.1, -0.05) is 28.9 Å². The number of nitrogens with zero attached hydrogens (tertiary/aromatic N) is 2. The van der Waals surface area contributed by atoms with Gasteiger partial charge < -0.3 is 14.9 Å². The summed E-state index contributed by atoms with van der Waals surface area (Å²) >= 11 is 3.44. The fraction of sp³-hybridized carbons (Fsp3) is 0.500.